The summed E-state index contributed by atoms with van der Waals surface area (Å²) in [4.78, 5) is 1.40. The molecule has 110 valence electrons. The number of hydrogen-bond acceptors (Lipinski definition) is 3. The van der Waals surface area contributed by atoms with Crippen LogP contribution in [0.1, 0.15) is 23.1 Å². The standard InChI is InChI=1S/C17H18BrNOS/c1-2-15-14(13-5-3-4-6-16(13)20-15)11-19-10-9-12-7-8-17(18)21-12/h3-8,19H,2,9-11H2,1H3. The number of fused-ring (bicyclic) bond motifs is 1. The predicted molar refractivity (Wildman–Crippen MR) is 93.0 cm³/mol. The first-order valence-electron chi connectivity index (χ1n) is 7.22. The molecule has 3 rings (SSSR count). The van der Waals surface area contributed by atoms with Gasteiger partial charge in [-0.2, -0.15) is 0 Å². The van der Waals surface area contributed by atoms with Crippen LogP contribution >= 0.6 is 27.3 Å². The molecule has 1 aromatic carbocycles. The van der Waals surface area contributed by atoms with Crippen LogP contribution in [0.5, 0.6) is 0 Å². The molecule has 0 bridgehead atoms. The maximum Gasteiger partial charge on any atom is 0.134 e. The van der Waals surface area contributed by atoms with Crippen molar-refractivity contribution in [2.45, 2.75) is 26.3 Å². The second kappa shape index (κ2) is 6.77. The average molecular weight is 364 g/mol. The summed E-state index contributed by atoms with van der Waals surface area (Å²) in [6, 6.07) is 12.6. The van der Waals surface area contributed by atoms with E-state index in [1.807, 2.05) is 12.1 Å². The van der Waals surface area contributed by atoms with Gasteiger partial charge in [-0.1, -0.05) is 25.1 Å². The van der Waals surface area contributed by atoms with Gasteiger partial charge in [-0.3, -0.25) is 0 Å². The van der Waals surface area contributed by atoms with Gasteiger partial charge in [-0.25, -0.2) is 0 Å². The predicted octanol–water partition coefficient (Wildman–Crippen LogP) is 5.15. The van der Waals surface area contributed by atoms with E-state index >= 15 is 0 Å². The lowest BCUT2D eigenvalue weighted by Crippen LogP contribution is -2.16. The lowest BCUT2D eigenvalue weighted by atomic mass is 10.1. The Kier molecular flexibility index (Phi) is 4.78. The first-order valence-corrected chi connectivity index (χ1v) is 8.83. The highest BCUT2D eigenvalue weighted by atomic mass is 79.9. The van der Waals surface area contributed by atoms with E-state index < -0.39 is 0 Å². The Hall–Kier alpha value is -1.10. The number of benzene rings is 1. The molecule has 0 amide bonds. The number of aryl methyl sites for hydroxylation is 1. The van der Waals surface area contributed by atoms with Gasteiger partial charge in [0.15, 0.2) is 0 Å². The molecule has 2 nitrogen and oxygen atoms in total. The summed E-state index contributed by atoms with van der Waals surface area (Å²) >= 11 is 5.31. The zero-order valence-corrected chi connectivity index (χ0v) is 14.4. The van der Waals surface area contributed by atoms with Crippen molar-refractivity contribution in [3.63, 3.8) is 0 Å². The first kappa shape index (κ1) is 14.8. The van der Waals surface area contributed by atoms with Crippen molar-refractivity contribution in [1.29, 1.82) is 0 Å². The number of rotatable bonds is 6. The second-order valence-electron chi connectivity index (χ2n) is 4.99. The van der Waals surface area contributed by atoms with Gasteiger partial charge in [-0.05, 0) is 40.5 Å². The van der Waals surface area contributed by atoms with Gasteiger partial charge in [0, 0.05) is 35.3 Å². The molecule has 0 fully saturated rings. The van der Waals surface area contributed by atoms with Crippen LogP contribution in [-0.4, -0.2) is 6.54 Å². The van der Waals surface area contributed by atoms with Gasteiger partial charge < -0.3 is 9.73 Å². The lowest BCUT2D eigenvalue weighted by Gasteiger charge is -2.04. The maximum absolute atomic E-state index is 5.92. The average Bonchev–Trinajstić information content (AvgIpc) is 3.07. The lowest BCUT2D eigenvalue weighted by molar-refractivity contribution is 0.544. The number of thiophene rings is 1. The molecular weight excluding hydrogens is 346 g/mol. The van der Waals surface area contributed by atoms with Crippen LogP contribution in [-0.2, 0) is 19.4 Å². The molecule has 0 aliphatic rings. The van der Waals surface area contributed by atoms with Gasteiger partial charge in [0.05, 0.1) is 3.79 Å². The van der Waals surface area contributed by atoms with Crippen molar-refractivity contribution >= 4 is 38.2 Å². The topological polar surface area (TPSA) is 25.2 Å². The van der Waals surface area contributed by atoms with Crippen LogP contribution in [0, 0.1) is 0 Å². The first-order chi connectivity index (χ1) is 10.3. The summed E-state index contributed by atoms with van der Waals surface area (Å²) in [5.74, 6) is 1.10. The molecule has 0 radical (unpaired) electrons. The molecular formula is C17H18BrNOS. The molecule has 2 heterocycles. The van der Waals surface area contributed by atoms with E-state index in [0.29, 0.717) is 0 Å². The monoisotopic (exact) mass is 363 g/mol. The Balaban J connectivity index is 1.64. The smallest absolute Gasteiger partial charge is 0.134 e. The van der Waals surface area contributed by atoms with Gasteiger partial charge in [0.1, 0.15) is 11.3 Å². The Labute approximate surface area is 137 Å². The minimum Gasteiger partial charge on any atom is -0.461 e. The van der Waals surface area contributed by atoms with Crippen molar-refractivity contribution in [3.05, 3.63) is 56.4 Å². The van der Waals surface area contributed by atoms with E-state index in [4.69, 9.17) is 4.42 Å². The zero-order chi connectivity index (χ0) is 14.7. The van der Waals surface area contributed by atoms with Gasteiger partial charge in [0.25, 0.3) is 0 Å². The third-order valence-electron chi connectivity index (χ3n) is 3.58. The summed E-state index contributed by atoms with van der Waals surface area (Å²) in [6.45, 7) is 3.99. The summed E-state index contributed by atoms with van der Waals surface area (Å²) in [5, 5.41) is 4.78. The molecule has 0 aliphatic carbocycles. The third kappa shape index (κ3) is 3.39. The zero-order valence-electron chi connectivity index (χ0n) is 12.0. The Morgan fingerprint density at radius 3 is 2.81 bits per heavy atom. The minimum absolute atomic E-state index is 0.868. The van der Waals surface area contributed by atoms with Crippen LogP contribution in [0.15, 0.2) is 44.6 Å². The fourth-order valence-electron chi connectivity index (χ4n) is 2.54. The minimum atomic E-state index is 0.868. The maximum atomic E-state index is 5.92. The molecule has 3 aromatic rings. The largest absolute Gasteiger partial charge is 0.461 e. The highest BCUT2D eigenvalue weighted by Crippen LogP contribution is 2.26. The number of furan rings is 1. The number of nitrogens with one attached hydrogen (secondary N) is 1. The molecule has 0 spiro atoms. The van der Waals surface area contributed by atoms with E-state index in [-0.39, 0.29) is 0 Å². The summed E-state index contributed by atoms with van der Waals surface area (Å²) in [5.41, 5.74) is 2.30. The fourth-order valence-corrected chi connectivity index (χ4v) is 4.02. The van der Waals surface area contributed by atoms with Crippen LogP contribution in [0.2, 0.25) is 0 Å². The molecule has 21 heavy (non-hydrogen) atoms. The Morgan fingerprint density at radius 1 is 1.19 bits per heavy atom. The van der Waals surface area contributed by atoms with Crippen molar-refractivity contribution in [2.24, 2.45) is 0 Å². The molecule has 0 unspecified atom stereocenters. The number of hydrogen-bond donors (Lipinski definition) is 1. The molecule has 0 saturated heterocycles. The Morgan fingerprint density at radius 2 is 2.05 bits per heavy atom. The SMILES string of the molecule is CCc1oc2ccccc2c1CNCCc1ccc(Br)s1. The number of para-hydroxylation sites is 1. The molecule has 0 saturated carbocycles. The molecule has 4 heteroatoms. The molecule has 1 N–H and O–H groups in total. The van der Waals surface area contributed by atoms with Crippen LogP contribution < -0.4 is 5.32 Å². The highest BCUT2D eigenvalue weighted by molar-refractivity contribution is 9.11. The van der Waals surface area contributed by atoms with Crippen LogP contribution in [0.4, 0.5) is 0 Å². The second-order valence-corrected chi connectivity index (χ2v) is 7.53. The fraction of sp³-hybridized carbons (Fsp3) is 0.294. The molecule has 2 aromatic heterocycles. The summed E-state index contributed by atoms with van der Waals surface area (Å²) < 4.78 is 7.12. The van der Waals surface area contributed by atoms with Gasteiger partial charge in [-0.15, -0.1) is 11.3 Å². The van der Waals surface area contributed by atoms with Crippen molar-refractivity contribution < 1.29 is 4.42 Å². The van der Waals surface area contributed by atoms with E-state index in [9.17, 15) is 0 Å². The van der Waals surface area contributed by atoms with E-state index in [0.717, 1.165) is 37.3 Å². The van der Waals surface area contributed by atoms with Gasteiger partial charge >= 0.3 is 0 Å². The van der Waals surface area contributed by atoms with Crippen LogP contribution in [0.3, 0.4) is 0 Å². The van der Waals surface area contributed by atoms with Gasteiger partial charge in [0.2, 0.25) is 0 Å². The molecule has 0 atom stereocenters. The normalized spacial score (nSPS) is 11.3. The van der Waals surface area contributed by atoms with Crippen molar-refractivity contribution in [2.75, 3.05) is 6.54 Å². The van der Waals surface area contributed by atoms with E-state index in [1.54, 1.807) is 11.3 Å². The summed E-state index contributed by atoms with van der Waals surface area (Å²) in [7, 11) is 0. The van der Waals surface area contributed by atoms with Crippen LogP contribution in [0.25, 0.3) is 11.0 Å². The molecule has 0 aliphatic heterocycles. The van der Waals surface area contributed by atoms with Crippen molar-refractivity contribution in [1.82, 2.24) is 5.32 Å². The van der Waals surface area contributed by atoms with E-state index in [1.165, 1.54) is 19.6 Å². The highest BCUT2D eigenvalue weighted by Gasteiger charge is 2.11. The van der Waals surface area contributed by atoms with E-state index in [2.05, 4.69) is 52.4 Å². The van der Waals surface area contributed by atoms with Crippen molar-refractivity contribution in [3.8, 4) is 0 Å². The quantitative estimate of drug-likeness (QED) is 0.612. The number of halogens is 1. The Bertz CT molecular complexity index is 731. The third-order valence-corrected chi connectivity index (χ3v) is 5.27. The summed E-state index contributed by atoms with van der Waals surface area (Å²) in [6.07, 6.45) is 2.00.